The zero-order chi connectivity index (χ0) is 15.5. The standard InChI is InChI=1S/C14H18ClF3N2O/c15-12-2-1-10(9-11(12)14(16,17)18)13(3-8-21)20-6-4-19-5-7-20/h1-2,9,13,19,21H,3-8H2/t13-/m0/s1. The molecular weight excluding hydrogens is 305 g/mol. The minimum Gasteiger partial charge on any atom is -0.396 e. The molecular formula is C14H18ClF3N2O. The summed E-state index contributed by atoms with van der Waals surface area (Å²) in [5.41, 5.74) is -0.276. The summed E-state index contributed by atoms with van der Waals surface area (Å²) in [5, 5.41) is 12.1. The van der Waals surface area contributed by atoms with Crippen LogP contribution in [0.15, 0.2) is 18.2 Å². The quantitative estimate of drug-likeness (QED) is 0.894. The molecule has 0 amide bonds. The maximum absolute atomic E-state index is 13.0. The van der Waals surface area contributed by atoms with Crippen LogP contribution in [0.1, 0.15) is 23.6 Å². The molecule has 21 heavy (non-hydrogen) atoms. The van der Waals surface area contributed by atoms with Gasteiger partial charge in [-0.05, 0) is 24.1 Å². The molecule has 1 heterocycles. The average molecular weight is 323 g/mol. The summed E-state index contributed by atoms with van der Waals surface area (Å²) >= 11 is 5.66. The maximum atomic E-state index is 13.0. The van der Waals surface area contributed by atoms with Gasteiger partial charge in [0, 0.05) is 38.8 Å². The first-order valence-corrected chi connectivity index (χ1v) is 7.23. The highest BCUT2D eigenvalue weighted by Gasteiger charge is 2.34. The van der Waals surface area contributed by atoms with E-state index in [-0.39, 0.29) is 17.7 Å². The minimum atomic E-state index is -4.47. The van der Waals surface area contributed by atoms with Crippen molar-refractivity contribution in [3.05, 3.63) is 34.3 Å². The fourth-order valence-electron chi connectivity index (χ4n) is 2.64. The Morgan fingerprint density at radius 1 is 1.29 bits per heavy atom. The summed E-state index contributed by atoms with van der Waals surface area (Å²) in [4.78, 5) is 2.09. The number of alkyl halides is 3. The normalized spacial score (nSPS) is 18.7. The molecule has 2 rings (SSSR count). The Morgan fingerprint density at radius 3 is 2.52 bits per heavy atom. The van der Waals surface area contributed by atoms with Gasteiger partial charge in [0.1, 0.15) is 0 Å². The lowest BCUT2D eigenvalue weighted by Crippen LogP contribution is -2.45. The molecule has 1 aromatic carbocycles. The Bertz CT molecular complexity index is 476. The molecule has 1 saturated heterocycles. The molecule has 3 nitrogen and oxygen atoms in total. The molecule has 2 N–H and O–H groups in total. The van der Waals surface area contributed by atoms with E-state index in [1.54, 1.807) is 6.07 Å². The van der Waals surface area contributed by atoms with Gasteiger partial charge >= 0.3 is 6.18 Å². The lowest BCUT2D eigenvalue weighted by Gasteiger charge is -2.35. The van der Waals surface area contributed by atoms with E-state index in [0.717, 1.165) is 32.2 Å². The van der Waals surface area contributed by atoms with E-state index in [0.29, 0.717) is 12.0 Å². The number of halogens is 4. The third-order valence-electron chi connectivity index (χ3n) is 3.68. The molecule has 0 aliphatic carbocycles. The summed E-state index contributed by atoms with van der Waals surface area (Å²) in [6, 6.07) is 3.77. The van der Waals surface area contributed by atoms with Gasteiger partial charge in [0.15, 0.2) is 0 Å². The molecule has 0 spiro atoms. The van der Waals surface area contributed by atoms with Crippen LogP contribution in [0, 0.1) is 0 Å². The summed E-state index contributed by atoms with van der Waals surface area (Å²) in [6.07, 6.45) is -4.07. The summed E-state index contributed by atoms with van der Waals surface area (Å²) in [7, 11) is 0. The molecule has 1 aromatic rings. The number of rotatable bonds is 4. The predicted octanol–water partition coefficient (Wildman–Crippen LogP) is 2.69. The first-order chi connectivity index (χ1) is 9.93. The molecule has 1 fully saturated rings. The van der Waals surface area contributed by atoms with Gasteiger partial charge in [-0.1, -0.05) is 17.7 Å². The molecule has 1 atom stereocenters. The van der Waals surface area contributed by atoms with Crippen LogP contribution in [0.5, 0.6) is 0 Å². The van der Waals surface area contributed by atoms with Crippen LogP contribution in [0.3, 0.4) is 0 Å². The zero-order valence-electron chi connectivity index (χ0n) is 11.5. The van der Waals surface area contributed by atoms with Crippen molar-refractivity contribution >= 4 is 11.6 Å². The van der Waals surface area contributed by atoms with Gasteiger partial charge < -0.3 is 10.4 Å². The molecule has 118 valence electrons. The van der Waals surface area contributed by atoms with Crippen molar-refractivity contribution in [3.8, 4) is 0 Å². The number of piperazine rings is 1. The highest BCUT2D eigenvalue weighted by molar-refractivity contribution is 6.31. The van der Waals surface area contributed by atoms with Gasteiger partial charge in [0.05, 0.1) is 10.6 Å². The second-order valence-corrected chi connectivity index (χ2v) is 5.46. The van der Waals surface area contributed by atoms with Crippen molar-refractivity contribution in [2.75, 3.05) is 32.8 Å². The summed E-state index contributed by atoms with van der Waals surface area (Å²) < 4.78 is 38.9. The second-order valence-electron chi connectivity index (χ2n) is 5.05. The van der Waals surface area contributed by atoms with Gasteiger partial charge in [-0.2, -0.15) is 13.2 Å². The zero-order valence-corrected chi connectivity index (χ0v) is 12.2. The van der Waals surface area contributed by atoms with E-state index >= 15 is 0 Å². The number of benzene rings is 1. The van der Waals surface area contributed by atoms with Crippen molar-refractivity contribution in [2.45, 2.75) is 18.6 Å². The van der Waals surface area contributed by atoms with Crippen LogP contribution < -0.4 is 5.32 Å². The number of hydrogen-bond acceptors (Lipinski definition) is 3. The third kappa shape index (κ3) is 4.10. The number of hydrogen-bond donors (Lipinski definition) is 2. The smallest absolute Gasteiger partial charge is 0.396 e. The number of aliphatic hydroxyl groups excluding tert-OH is 1. The van der Waals surface area contributed by atoms with E-state index < -0.39 is 11.7 Å². The monoisotopic (exact) mass is 322 g/mol. The average Bonchev–Trinajstić information content (AvgIpc) is 2.45. The number of aliphatic hydroxyl groups is 1. The first-order valence-electron chi connectivity index (χ1n) is 6.85. The van der Waals surface area contributed by atoms with Gasteiger partial charge in [-0.25, -0.2) is 0 Å². The largest absolute Gasteiger partial charge is 0.417 e. The molecule has 7 heteroatoms. The third-order valence-corrected chi connectivity index (χ3v) is 4.01. The lowest BCUT2D eigenvalue weighted by molar-refractivity contribution is -0.137. The molecule has 0 radical (unpaired) electrons. The molecule has 0 saturated carbocycles. The highest BCUT2D eigenvalue weighted by atomic mass is 35.5. The van der Waals surface area contributed by atoms with Crippen LogP contribution in [0.4, 0.5) is 13.2 Å². The van der Waals surface area contributed by atoms with E-state index in [4.69, 9.17) is 11.6 Å². The Morgan fingerprint density at radius 2 is 1.95 bits per heavy atom. The van der Waals surface area contributed by atoms with E-state index in [2.05, 4.69) is 10.2 Å². The van der Waals surface area contributed by atoms with Crippen LogP contribution in [0.25, 0.3) is 0 Å². The van der Waals surface area contributed by atoms with Crippen molar-refractivity contribution < 1.29 is 18.3 Å². The summed E-state index contributed by atoms with van der Waals surface area (Å²) in [6.45, 7) is 3.01. The van der Waals surface area contributed by atoms with E-state index in [1.165, 1.54) is 6.07 Å². The summed E-state index contributed by atoms with van der Waals surface area (Å²) in [5.74, 6) is 0. The Kier molecular flexibility index (Phi) is 5.48. The Labute approximate surface area is 126 Å². The van der Waals surface area contributed by atoms with Crippen LogP contribution in [0.2, 0.25) is 5.02 Å². The molecule has 0 unspecified atom stereocenters. The van der Waals surface area contributed by atoms with Gasteiger partial charge in [0.2, 0.25) is 0 Å². The molecule has 1 aliphatic rings. The molecule has 1 aliphatic heterocycles. The second kappa shape index (κ2) is 6.96. The van der Waals surface area contributed by atoms with E-state index in [9.17, 15) is 18.3 Å². The predicted molar refractivity (Wildman–Crippen MR) is 75.3 cm³/mol. The fourth-order valence-corrected chi connectivity index (χ4v) is 2.87. The number of nitrogens with one attached hydrogen (secondary N) is 1. The van der Waals surface area contributed by atoms with Crippen molar-refractivity contribution in [1.29, 1.82) is 0 Å². The molecule has 0 aromatic heterocycles. The maximum Gasteiger partial charge on any atom is 0.417 e. The van der Waals surface area contributed by atoms with E-state index in [1.807, 2.05) is 0 Å². The fraction of sp³-hybridized carbons (Fsp3) is 0.571. The minimum absolute atomic E-state index is 0.0709. The van der Waals surface area contributed by atoms with Gasteiger partial charge in [-0.3, -0.25) is 4.90 Å². The van der Waals surface area contributed by atoms with Crippen molar-refractivity contribution in [1.82, 2.24) is 10.2 Å². The van der Waals surface area contributed by atoms with Crippen molar-refractivity contribution in [2.24, 2.45) is 0 Å². The Hall–Kier alpha value is -0.820. The highest BCUT2D eigenvalue weighted by Crippen LogP contribution is 2.37. The van der Waals surface area contributed by atoms with Crippen molar-refractivity contribution in [3.63, 3.8) is 0 Å². The van der Waals surface area contributed by atoms with Gasteiger partial charge in [0.25, 0.3) is 0 Å². The van der Waals surface area contributed by atoms with Crippen LogP contribution in [-0.4, -0.2) is 42.8 Å². The van der Waals surface area contributed by atoms with Crippen LogP contribution in [-0.2, 0) is 6.18 Å². The molecule has 0 bridgehead atoms. The SMILES string of the molecule is OCC[C@@H](c1ccc(Cl)c(C(F)(F)F)c1)N1CCNCC1. The number of nitrogens with zero attached hydrogens (tertiary/aromatic N) is 1. The van der Waals surface area contributed by atoms with Crippen LogP contribution >= 0.6 is 11.6 Å². The first kappa shape index (κ1) is 16.5. The lowest BCUT2D eigenvalue weighted by atomic mass is 9.99. The Balaban J connectivity index is 2.31. The van der Waals surface area contributed by atoms with Gasteiger partial charge in [-0.15, -0.1) is 0 Å². The topological polar surface area (TPSA) is 35.5 Å².